The average Bonchev–Trinajstić information content (AvgIpc) is 2.39. The minimum atomic E-state index is -0.788. The number of nitrogens with one attached hydrogen (secondary N) is 3. The molecule has 3 N–H and O–H groups in total. The molecule has 0 bridgehead atoms. The van der Waals surface area contributed by atoms with Crippen LogP contribution in [-0.2, 0) is 9.53 Å². The van der Waals surface area contributed by atoms with Gasteiger partial charge in [0.25, 0.3) is 5.91 Å². The number of alkyl carbamates (subject to hydrolysis) is 1. The van der Waals surface area contributed by atoms with Crippen LogP contribution in [0.1, 0.15) is 27.7 Å². The molecule has 118 valence electrons. The van der Waals surface area contributed by atoms with E-state index in [-0.39, 0.29) is 18.2 Å². The molecule has 21 heavy (non-hydrogen) atoms. The van der Waals surface area contributed by atoms with Crippen molar-refractivity contribution in [1.29, 1.82) is 5.41 Å². The number of carbonyl (C=O) groups excluding carboxylic acids is 2. The predicted octanol–water partition coefficient (Wildman–Crippen LogP) is 1.08. The molecule has 0 unspecified atom stereocenters. The maximum atomic E-state index is 12.4. The van der Waals surface area contributed by atoms with Crippen molar-refractivity contribution in [3.63, 3.8) is 0 Å². The average molecular weight is 314 g/mol. The van der Waals surface area contributed by atoms with E-state index < -0.39 is 17.7 Å². The summed E-state index contributed by atoms with van der Waals surface area (Å²) in [4.78, 5) is 25.5. The van der Waals surface area contributed by atoms with E-state index in [1.807, 2.05) is 0 Å². The Balaban J connectivity index is 2.84. The molecular formula is C13H22N4O3S. The van der Waals surface area contributed by atoms with Gasteiger partial charge in [0.15, 0.2) is 0 Å². The van der Waals surface area contributed by atoms with Crippen molar-refractivity contribution < 1.29 is 14.3 Å². The second-order valence-corrected chi connectivity index (χ2v) is 6.25. The largest absolute Gasteiger partial charge is 0.444 e. The number of nitrogens with zero attached hydrogens (tertiary/aromatic N) is 1. The highest BCUT2D eigenvalue weighted by atomic mass is 32.1. The van der Waals surface area contributed by atoms with Crippen LogP contribution in [-0.4, -0.2) is 47.8 Å². The molecule has 1 aliphatic rings. The van der Waals surface area contributed by atoms with Crippen molar-refractivity contribution in [2.75, 3.05) is 13.6 Å². The van der Waals surface area contributed by atoms with Crippen molar-refractivity contribution in [1.82, 2.24) is 15.5 Å². The first-order chi connectivity index (χ1) is 9.53. The van der Waals surface area contributed by atoms with Crippen molar-refractivity contribution in [3.05, 3.63) is 10.7 Å². The summed E-state index contributed by atoms with van der Waals surface area (Å²) >= 11 is 4.25. The highest BCUT2D eigenvalue weighted by Gasteiger charge is 2.31. The number of rotatable bonds is 2. The number of hydrogen-bond donors (Lipinski definition) is 4. The van der Waals surface area contributed by atoms with Crippen molar-refractivity contribution in [3.8, 4) is 0 Å². The topological polar surface area (TPSA) is 94.5 Å². The van der Waals surface area contributed by atoms with Gasteiger partial charge < -0.3 is 25.7 Å². The van der Waals surface area contributed by atoms with Crippen LogP contribution in [0.15, 0.2) is 10.7 Å². The standard InChI is InChI=1S/C13H22N4O3S/c1-7(14)9-10(21)15-6-8(11(18)17(9)5)16-12(19)20-13(2,3)4/h8,14-15,21H,6H2,1-5H3,(H,16,19)/t8-/m0/s1. The van der Waals surface area contributed by atoms with E-state index in [9.17, 15) is 9.59 Å². The summed E-state index contributed by atoms with van der Waals surface area (Å²) in [6.07, 6.45) is -0.660. The lowest BCUT2D eigenvalue weighted by molar-refractivity contribution is -0.129. The van der Waals surface area contributed by atoms with Gasteiger partial charge in [-0.3, -0.25) is 4.79 Å². The van der Waals surface area contributed by atoms with Gasteiger partial charge in [0.2, 0.25) is 0 Å². The molecule has 1 aliphatic heterocycles. The van der Waals surface area contributed by atoms with Gasteiger partial charge in [-0.1, -0.05) is 0 Å². The second-order valence-electron chi connectivity index (χ2n) is 5.80. The maximum absolute atomic E-state index is 12.4. The Labute approximate surface area is 130 Å². The Morgan fingerprint density at radius 2 is 2.10 bits per heavy atom. The lowest BCUT2D eigenvalue weighted by Gasteiger charge is -2.25. The van der Waals surface area contributed by atoms with Crippen LogP contribution in [0, 0.1) is 5.41 Å². The van der Waals surface area contributed by atoms with Gasteiger partial charge >= 0.3 is 6.09 Å². The van der Waals surface area contributed by atoms with E-state index in [0.29, 0.717) is 10.7 Å². The van der Waals surface area contributed by atoms with E-state index in [1.54, 1.807) is 34.7 Å². The predicted molar refractivity (Wildman–Crippen MR) is 83.3 cm³/mol. The molecule has 7 nitrogen and oxygen atoms in total. The van der Waals surface area contributed by atoms with E-state index in [2.05, 4.69) is 23.3 Å². The number of ether oxygens (including phenoxy) is 1. The molecule has 1 atom stereocenters. The fourth-order valence-electron chi connectivity index (χ4n) is 1.86. The Bertz CT molecular complexity index is 496. The molecule has 8 heteroatoms. The van der Waals surface area contributed by atoms with Gasteiger partial charge in [0.1, 0.15) is 11.6 Å². The Hall–Kier alpha value is -1.70. The van der Waals surface area contributed by atoms with E-state index in [0.717, 1.165) is 0 Å². The number of carbonyl (C=O) groups is 2. The third-order valence-electron chi connectivity index (χ3n) is 2.71. The molecule has 0 aliphatic carbocycles. The molecule has 0 saturated carbocycles. The van der Waals surface area contributed by atoms with Gasteiger partial charge in [0.05, 0.1) is 16.4 Å². The van der Waals surface area contributed by atoms with Gasteiger partial charge in [-0.25, -0.2) is 4.79 Å². The molecule has 1 heterocycles. The normalized spacial score (nSPS) is 19.8. The fraction of sp³-hybridized carbons (Fsp3) is 0.615. The minimum Gasteiger partial charge on any atom is -0.444 e. The van der Waals surface area contributed by atoms with Gasteiger partial charge in [-0.05, 0) is 27.7 Å². The lowest BCUT2D eigenvalue weighted by atomic mass is 10.2. The number of likely N-dealkylation sites (N-methyl/N-ethyl adjacent to an activating group) is 1. The number of amides is 2. The van der Waals surface area contributed by atoms with Crippen LogP contribution < -0.4 is 10.6 Å². The van der Waals surface area contributed by atoms with Crippen LogP contribution in [0.3, 0.4) is 0 Å². The SMILES string of the molecule is CC(=N)C1=C(S)NC[C@H](NC(=O)OC(C)(C)C)C(=O)N1C. The summed E-state index contributed by atoms with van der Waals surface area (Å²) in [6, 6.07) is -0.788. The Morgan fingerprint density at radius 3 is 2.57 bits per heavy atom. The third-order valence-corrected chi connectivity index (χ3v) is 3.08. The molecule has 0 aromatic rings. The van der Waals surface area contributed by atoms with Crippen molar-refractivity contribution in [2.24, 2.45) is 0 Å². The first kappa shape index (κ1) is 17.4. The van der Waals surface area contributed by atoms with Gasteiger partial charge in [-0.15, -0.1) is 12.6 Å². The van der Waals surface area contributed by atoms with Crippen LogP contribution in [0.25, 0.3) is 0 Å². The van der Waals surface area contributed by atoms with E-state index in [1.165, 1.54) is 4.90 Å². The molecule has 2 amide bonds. The molecule has 0 fully saturated rings. The van der Waals surface area contributed by atoms with Crippen LogP contribution >= 0.6 is 12.6 Å². The summed E-state index contributed by atoms with van der Waals surface area (Å²) in [6.45, 7) is 6.98. The Morgan fingerprint density at radius 1 is 1.52 bits per heavy atom. The zero-order valence-corrected chi connectivity index (χ0v) is 13.8. The molecule has 1 rings (SSSR count). The summed E-state index contributed by atoms with van der Waals surface area (Å²) in [7, 11) is 1.54. The maximum Gasteiger partial charge on any atom is 0.408 e. The minimum absolute atomic E-state index is 0.179. The molecular weight excluding hydrogens is 292 g/mol. The molecule has 0 aromatic carbocycles. The Kier molecular flexibility index (Phi) is 5.27. The summed E-state index contributed by atoms with van der Waals surface area (Å²) in [5, 5.41) is 13.6. The second kappa shape index (κ2) is 6.38. The van der Waals surface area contributed by atoms with Crippen LogP contribution in [0.5, 0.6) is 0 Å². The van der Waals surface area contributed by atoms with Gasteiger partial charge in [-0.2, -0.15) is 0 Å². The van der Waals surface area contributed by atoms with Crippen LogP contribution in [0.4, 0.5) is 4.79 Å². The lowest BCUT2D eigenvalue weighted by Crippen LogP contribution is -2.51. The molecule has 0 spiro atoms. The third kappa shape index (κ3) is 4.66. The summed E-state index contributed by atoms with van der Waals surface area (Å²) < 4.78 is 5.14. The fourth-order valence-corrected chi connectivity index (χ4v) is 2.27. The molecule has 0 aromatic heterocycles. The highest BCUT2D eigenvalue weighted by molar-refractivity contribution is 7.84. The van der Waals surface area contributed by atoms with E-state index >= 15 is 0 Å². The highest BCUT2D eigenvalue weighted by Crippen LogP contribution is 2.16. The van der Waals surface area contributed by atoms with E-state index in [4.69, 9.17) is 10.1 Å². The monoisotopic (exact) mass is 314 g/mol. The molecule has 0 radical (unpaired) electrons. The smallest absolute Gasteiger partial charge is 0.408 e. The van der Waals surface area contributed by atoms with Crippen LogP contribution in [0.2, 0.25) is 0 Å². The number of hydrogen-bond acceptors (Lipinski definition) is 6. The van der Waals surface area contributed by atoms with Gasteiger partial charge in [0, 0.05) is 13.6 Å². The zero-order chi connectivity index (χ0) is 16.4. The first-order valence-electron chi connectivity index (χ1n) is 6.52. The summed E-state index contributed by atoms with van der Waals surface area (Å²) in [5.41, 5.74) is -0.0426. The number of allylic oxidation sites excluding steroid dienone is 1. The first-order valence-corrected chi connectivity index (χ1v) is 6.97. The zero-order valence-electron chi connectivity index (χ0n) is 12.9. The quantitative estimate of drug-likeness (QED) is 0.453. The van der Waals surface area contributed by atoms with Crippen molar-refractivity contribution >= 4 is 30.3 Å². The number of thiol groups is 1. The molecule has 0 saturated heterocycles. The van der Waals surface area contributed by atoms with Crippen molar-refractivity contribution in [2.45, 2.75) is 39.3 Å². The summed E-state index contributed by atoms with van der Waals surface area (Å²) in [5.74, 6) is -0.334.